The van der Waals surface area contributed by atoms with Crippen molar-refractivity contribution in [2.24, 2.45) is 0 Å². The van der Waals surface area contributed by atoms with Gasteiger partial charge in [0.15, 0.2) is 0 Å². The van der Waals surface area contributed by atoms with Crippen LogP contribution in [0.2, 0.25) is 0 Å². The lowest BCUT2D eigenvalue weighted by atomic mass is 9.96. The van der Waals surface area contributed by atoms with E-state index in [1.54, 1.807) is 0 Å². The van der Waals surface area contributed by atoms with Crippen LogP contribution in [0, 0.1) is 0 Å². The van der Waals surface area contributed by atoms with E-state index in [0.717, 1.165) is 32.2 Å². The van der Waals surface area contributed by atoms with Gasteiger partial charge in [-0.2, -0.15) is 0 Å². The molecule has 2 nitrogen and oxygen atoms in total. The smallest absolute Gasteiger partial charge is 0.0648 e. The molecule has 0 spiro atoms. The first-order chi connectivity index (χ1) is 5.62. The lowest BCUT2D eigenvalue weighted by molar-refractivity contribution is 0.0351. The first-order valence-corrected chi connectivity index (χ1v) is 4.99. The number of hydrogen-bond acceptors (Lipinski definition) is 2. The van der Waals surface area contributed by atoms with Crippen molar-refractivity contribution in [3.63, 3.8) is 0 Å². The molecular weight excluding hydrogens is 150 g/mol. The molecule has 0 bridgehead atoms. The Hall–Kier alpha value is -0.0800. The molecule has 0 atom stereocenters. The van der Waals surface area contributed by atoms with Crippen LogP contribution >= 0.6 is 0 Å². The molecule has 1 saturated carbocycles. The van der Waals surface area contributed by atoms with Crippen LogP contribution in [-0.4, -0.2) is 36.2 Å². The Labute approximate surface area is 75.6 Å². The van der Waals surface area contributed by atoms with Crippen LogP contribution in [0.1, 0.15) is 38.5 Å². The number of rotatable bonds is 4. The molecule has 0 unspecified atom stereocenters. The predicted molar refractivity (Wildman–Crippen MR) is 51.2 cm³/mol. The van der Waals surface area contributed by atoms with Gasteiger partial charge in [-0.25, -0.2) is 0 Å². The van der Waals surface area contributed by atoms with Gasteiger partial charge in [-0.1, -0.05) is 12.8 Å². The average Bonchev–Trinajstić information content (AvgIpc) is 2.35. The molecule has 0 aliphatic heterocycles. The fraction of sp³-hybridized carbons (Fsp3) is 1.00. The number of aliphatic hydroxyl groups is 1. The van der Waals surface area contributed by atoms with Gasteiger partial charge in [-0.05, 0) is 46.3 Å². The fourth-order valence-electron chi connectivity index (χ4n) is 2.01. The summed E-state index contributed by atoms with van der Waals surface area (Å²) in [5.41, 5.74) is -0.296. The molecule has 0 saturated heterocycles. The third-order valence-electron chi connectivity index (χ3n) is 2.78. The van der Waals surface area contributed by atoms with Gasteiger partial charge in [-0.15, -0.1) is 0 Å². The van der Waals surface area contributed by atoms with Crippen LogP contribution in [0.15, 0.2) is 0 Å². The van der Waals surface area contributed by atoms with Crippen molar-refractivity contribution in [1.82, 2.24) is 4.90 Å². The van der Waals surface area contributed by atoms with Crippen LogP contribution in [0.5, 0.6) is 0 Å². The molecular formula is C10H21NO. The van der Waals surface area contributed by atoms with E-state index < -0.39 is 0 Å². The molecule has 1 aliphatic carbocycles. The Balaban J connectivity index is 2.13. The summed E-state index contributed by atoms with van der Waals surface area (Å²) in [4.78, 5) is 2.18. The van der Waals surface area contributed by atoms with Gasteiger partial charge in [0.05, 0.1) is 5.60 Å². The second kappa shape index (κ2) is 4.24. The molecule has 0 aromatic rings. The molecule has 1 aliphatic rings. The van der Waals surface area contributed by atoms with Gasteiger partial charge in [-0.3, -0.25) is 0 Å². The maximum absolute atomic E-state index is 9.99. The molecule has 1 fully saturated rings. The predicted octanol–water partition coefficient (Wildman–Crippen LogP) is 1.63. The zero-order valence-electron chi connectivity index (χ0n) is 8.34. The van der Waals surface area contributed by atoms with Crippen LogP contribution < -0.4 is 0 Å². The number of hydrogen-bond donors (Lipinski definition) is 1. The van der Waals surface area contributed by atoms with E-state index in [-0.39, 0.29) is 5.60 Å². The Morgan fingerprint density at radius 3 is 2.33 bits per heavy atom. The monoisotopic (exact) mass is 171 g/mol. The Bertz CT molecular complexity index is 128. The van der Waals surface area contributed by atoms with Gasteiger partial charge >= 0.3 is 0 Å². The van der Waals surface area contributed by atoms with E-state index in [2.05, 4.69) is 19.0 Å². The topological polar surface area (TPSA) is 23.5 Å². The average molecular weight is 171 g/mol. The normalized spacial score (nSPS) is 22.0. The highest BCUT2D eigenvalue weighted by molar-refractivity contribution is 4.83. The summed E-state index contributed by atoms with van der Waals surface area (Å²) in [6.45, 7) is 1.10. The SMILES string of the molecule is CN(C)CCCC1(O)CCCC1. The maximum Gasteiger partial charge on any atom is 0.0648 e. The molecule has 0 radical (unpaired) electrons. The van der Waals surface area contributed by atoms with Gasteiger partial charge in [0.2, 0.25) is 0 Å². The van der Waals surface area contributed by atoms with Crippen molar-refractivity contribution in [3.05, 3.63) is 0 Å². The summed E-state index contributed by atoms with van der Waals surface area (Å²) in [7, 11) is 4.16. The Kier molecular flexibility index (Phi) is 3.53. The second-order valence-electron chi connectivity index (χ2n) is 4.34. The summed E-state index contributed by atoms with van der Waals surface area (Å²) < 4.78 is 0. The van der Waals surface area contributed by atoms with Gasteiger partial charge < -0.3 is 10.0 Å². The largest absolute Gasteiger partial charge is 0.390 e. The molecule has 72 valence electrons. The van der Waals surface area contributed by atoms with E-state index in [1.807, 2.05) is 0 Å². The molecule has 0 aromatic heterocycles. The zero-order chi connectivity index (χ0) is 9.03. The van der Waals surface area contributed by atoms with Gasteiger partial charge in [0.25, 0.3) is 0 Å². The molecule has 2 heteroatoms. The minimum Gasteiger partial charge on any atom is -0.390 e. The van der Waals surface area contributed by atoms with Gasteiger partial charge in [0, 0.05) is 0 Å². The fourth-order valence-corrected chi connectivity index (χ4v) is 2.01. The summed E-state index contributed by atoms with van der Waals surface area (Å²) in [5.74, 6) is 0. The van der Waals surface area contributed by atoms with Crippen molar-refractivity contribution in [2.75, 3.05) is 20.6 Å². The van der Waals surface area contributed by atoms with E-state index in [9.17, 15) is 5.11 Å². The lowest BCUT2D eigenvalue weighted by Crippen LogP contribution is -2.25. The summed E-state index contributed by atoms with van der Waals surface area (Å²) in [6.07, 6.45) is 6.62. The molecule has 1 rings (SSSR count). The van der Waals surface area contributed by atoms with E-state index in [1.165, 1.54) is 12.8 Å². The maximum atomic E-state index is 9.99. The van der Waals surface area contributed by atoms with Crippen molar-refractivity contribution in [2.45, 2.75) is 44.1 Å². The minimum atomic E-state index is -0.296. The van der Waals surface area contributed by atoms with E-state index >= 15 is 0 Å². The van der Waals surface area contributed by atoms with Crippen molar-refractivity contribution < 1.29 is 5.11 Å². The summed E-state index contributed by atoms with van der Waals surface area (Å²) in [6, 6.07) is 0. The van der Waals surface area contributed by atoms with Crippen molar-refractivity contribution in [3.8, 4) is 0 Å². The van der Waals surface area contributed by atoms with E-state index in [4.69, 9.17) is 0 Å². The van der Waals surface area contributed by atoms with Crippen LogP contribution in [0.4, 0.5) is 0 Å². The number of nitrogens with zero attached hydrogens (tertiary/aromatic N) is 1. The quantitative estimate of drug-likeness (QED) is 0.695. The first-order valence-electron chi connectivity index (χ1n) is 4.99. The Morgan fingerprint density at radius 1 is 1.25 bits per heavy atom. The van der Waals surface area contributed by atoms with Gasteiger partial charge in [0.1, 0.15) is 0 Å². The highest BCUT2D eigenvalue weighted by Gasteiger charge is 2.29. The standard InChI is InChI=1S/C10H21NO/c1-11(2)9-5-8-10(12)6-3-4-7-10/h12H,3-9H2,1-2H3. The van der Waals surface area contributed by atoms with Crippen LogP contribution in [0.25, 0.3) is 0 Å². The zero-order valence-corrected chi connectivity index (χ0v) is 8.34. The van der Waals surface area contributed by atoms with Crippen LogP contribution in [-0.2, 0) is 0 Å². The molecule has 0 aromatic carbocycles. The second-order valence-corrected chi connectivity index (χ2v) is 4.34. The lowest BCUT2D eigenvalue weighted by Gasteiger charge is -2.22. The van der Waals surface area contributed by atoms with E-state index in [0.29, 0.717) is 0 Å². The highest BCUT2D eigenvalue weighted by atomic mass is 16.3. The molecule has 12 heavy (non-hydrogen) atoms. The highest BCUT2D eigenvalue weighted by Crippen LogP contribution is 2.33. The van der Waals surface area contributed by atoms with Crippen molar-refractivity contribution >= 4 is 0 Å². The molecule has 0 heterocycles. The van der Waals surface area contributed by atoms with Crippen molar-refractivity contribution in [1.29, 1.82) is 0 Å². The van der Waals surface area contributed by atoms with Crippen LogP contribution in [0.3, 0.4) is 0 Å². The third-order valence-corrected chi connectivity index (χ3v) is 2.78. The molecule has 0 amide bonds. The molecule has 1 N–H and O–H groups in total. The third kappa shape index (κ3) is 3.11. The summed E-state index contributed by atoms with van der Waals surface area (Å²) in [5, 5.41) is 9.99. The minimum absolute atomic E-state index is 0.296. The Morgan fingerprint density at radius 2 is 1.83 bits per heavy atom. The first kappa shape index (κ1) is 10.0. The summed E-state index contributed by atoms with van der Waals surface area (Å²) >= 11 is 0.